The highest BCUT2D eigenvalue weighted by Crippen LogP contribution is 2.33. The van der Waals surface area contributed by atoms with Crippen LogP contribution in [0.2, 0.25) is 0 Å². The van der Waals surface area contributed by atoms with Gasteiger partial charge in [-0.3, -0.25) is 9.78 Å². The number of nitrogens with zero attached hydrogens (tertiary/aromatic N) is 3. The fourth-order valence-electron chi connectivity index (χ4n) is 3.59. The lowest BCUT2D eigenvalue weighted by Crippen LogP contribution is -2.26. The quantitative estimate of drug-likeness (QED) is 0.884. The summed E-state index contributed by atoms with van der Waals surface area (Å²) in [5.74, 6) is 0.487. The summed E-state index contributed by atoms with van der Waals surface area (Å²) in [6, 6.07) is 0. The summed E-state index contributed by atoms with van der Waals surface area (Å²) in [7, 11) is 0. The Morgan fingerprint density at radius 1 is 1.38 bits per heavy atom. The number of rotatable bonds is 5. The second-order valence-electron chi connectivity index (χ2n) is 7.73. The van der Waals surface area contributed by atoms with Crippen molar-refractivity contribution in [3.05, 3.63) is 34.9 Å². The van der Waals surface area contributed by atoms with Crippen LogP contribution in [0, 0.1) is 19.8 Å². The van der Waals surface area contributed by atoms with Crippen LogP contribution < -0.4 is 5.32 Å². The molecule has 0 aliphatic carbocycles. The summed E-state index contributed by atoms with van der Waals surface area (Å²) in [5.41, 5.74) is 4.83. The van der Waals surface area contributed by atoms with Crippen LogP contribution in [-0.4, -0.2) is 33.1 Å². The Morgan fingerprint density at radius 2 is 2.17 bits per heavy atom. The lowest BCUT2D eigenvalue weighted by molar-refractivity contribution is 0.0905. The van der Waals surface area contributed by atoms with Crippen molar-refractivity contribution >= 4 is 0 Å². The van der Waals surface area contributed by atoms with Crippen LogP contribution in [0.25, 0.3) is 0 Å². The van der Waals surface area contributed by atoms with Gasteiger partial charge in [0.25, 0.3) is 0 Å². The van der Waals surface area contributed by atoms with E-state index in [-0.39, 0.29) is 11.6 Å². The molecule has 2 N–H and O–H groups in total. The third-order valence-electron chi connectivity index (χ3n) is 4.85. The normalized spacial score (nSPS) is 21.5. The van der Waals surface area contributed by atoms with Crippen LogP contribution in [0.3, 0.4) is 0 Å². The summed E-state index contributed by atoms with van der Waals surface area (Å²) in [6.07, 6.45) is 5.04. The zero-order valence-corrected chi connectivity index (χ0v) is 15.4. The molecule has 0 unspecified atom stereocenters. The molecule has 24 heavy (non-hydrogen) atoms. The number of H-pyrrole nitrogens is 1. The lowest BCUT2D eigenvalue weighted by atomic mass is 9.97. The SMILES string of the molecule is Cc1nn(C(C)(C)C)c(C)c1CNC[C@H]1CCO[C@@H]1c1cn[nH]c1. The van der Waals surface area contributed by atoms with Gasteiger partial charge in [0.2, 0.25) is 0 Å². The Bertz CT molecular complexity index is 668. The number of hydrogen-bond donors (Lipinski definition) is 2. The first-order valence-electron chi connectivity index (χ1n) is 8.74. The predicted octanol–water partition coefficient (Wildman–Crippen LogP) is 2.85. The van der Waals surface area contributed by atoms with Gasteiger partial charge in [-0.1, -0.05) is 0 Å². The molecule has 0 aromatic carbocycles. The van der Waals surface area contributed by atoms with Gasteiger partial charge in [-0.2, -0.15) is 10.2 Å². The summed E-state index contributed by atoms with van der Waals surface area (Å²) < 4.78 is 8.02. The summed E-state index contributed by atoms with van der Waals surface area (Å²) in [5, 5.41) is 15.3. The molecule has 1 saturated heterocycles. The minimum atomic E-state index is 0.0127. The Balaban J connectivity index is 1.62. The van der Waals surface area contributed by atoms with Crippen molar-refractivity contribution in [2.45, 2.75) is 59.2 Å². The Hall–Kier alpha value is -1.66. The predicted molar refractivity (Wildman–Crippen MR) is 93.8 cm³/mol. The van der Waals surface area contributed by atoms with Crippen molar-refractivity contribution in [3.63, 3.8) is 0 Å². The Kier molecular flexibility index (Phi) is 4.78. The fourth-order valence-corrected chi connectivity index (χ4v) is 3.59. The maximum atomic E-state index is 5.89. The Morgan fingerprint density at radius 3 is 2.79 bits per heavy atom. The summed E-state index contributed by atoms with van der Waals surface area (Å²) in [6.45, 7) is 13.4. The highest BCUT2D eigenvalue weighted by molar-refractivity contribution is 5.25. The molecule has 0 amide bonds. The van der Waals surface area contributed by atoms with E-state index in [0.717, 1.165) is 37.4 Å². The van der Waals surface area contributed by atoms with Crippen LogP contribution in [0.1, 0.15) is 55.8 Å². The molecule has 0 saturated carbocycles. The largest absolute Gasteiger partial charge is 0.373 e. The van der Waals surface area contributed by atoms with Gasteiger partial charge >= 0.3 is 0 Å². The molecule has 0 radical (unpaired) electrons. The van der Waals surface area contributed by atoms with Gasteiger partial charge < -0.3 is 10.1 Å². The van der Waals surface area contributed by atoms with Crippen LogP contribution in [0.5, 0.6) is 0 Å². The minimum absolute atomic E-state index is 0.0127. The highest BCUT2D eigenvalue weighted by atomic mass is 16.5. The molecule has 1 aliphatic rings. The average molecular weight is 331 g/mol. The molecular weight excluding hydrogens is 302 g/mol. The Labute approximate surface area is 144 Å². The van der Waals surface area contributed by atoms with Crippen molar-refractivity contribution in [1.29, 1.82) is 0 Å². The summed E-state index contributed by atoms with van der Waals surface area (Å²) in [4.78, 5) is 0. The van der Waals surface area contributed by atoms with Gasteiger partial charge in [-0.15, -0.1) is 0 Å². The zero-order valence-electron chi connectivity index (χ0n) is 15.4. The lowest BCUT2D eigenvalue weighted by Gasteiger charge is -2.21. The van der Waals surface area contributed by atoms with Crippen LogP contribution in [0.15, 0.2) is 12.4 Å². The molecule has 2 atom stereocenters. The number of hydrogen-bond acceptors (Lipinski definition) is 4. The topological polar surface area (TPSA) is 67.8 Å². The molecule has 1 aliphatic heterocycles. The van der Waals surface area contributed by atoms with E-state index in [4.69, 9.17) is 9.84 Å². The maximum absolute atomic E-state index is 5.89. The minimum Gasteiger partial charge on any atom is -0.373 e. The maximum Gasteiger partial charge on any atom is 0.0896 e. The van der Waals surface area contributed by atoms with E-state index in [1.165, 1.54) is 11.3 Å². The van der Waals surface area contributed by atoms with E-state index in [1.54, 1.807) is 0 Å². The van der Waals surface area contributed by atoms with Crippen LogP contribution in [-0.2, 0) is 16.8 Å². The number of nitrogens with one attached hydrogen (secondary N) is 2. The van der Waals surface area contributed by atoms with Crippen molar-refractivity contribution < 1.29 is 4.74 Å². The van der Waals surface area contributed by atoms with Crippen molar-refractivity contribution in [3.8, 4) is 0 Å². The number of aryl methyl sites for hydroxylation is 1. The second kappa shape index (κ2) is 6.69. The zero-order chi connectivity index (χ0) is 17.3. The first-order valence-corrected chi connectivity index (χ1v) is 8.74. The van der Waals surface area contributed by atoms with Crippen LogP contribution in [0.4, 0.5) is 0 Å². The molecule has 2 aromatic rings. The number of ether oxygens (including phenoxy) is 1. The molecular formula is C18H29N5O. The van der Waals surface area contributed by atoms with E-state index in [9.17, 15) is 0 Å². The molecule has 2 aromatic heterocycles. The van der Waals surface area contributed by atoms with Gasteiger partial charge in [0.1, 0.15) is 0 Å². The molecule has 0 bridgehead atoms. The third-order valence-corrected chi connectivity index (χ3v) is 4.85. The van der Waals surface area contributed by atoms with Gasteiger partial charge in [-0.05, 0) is 41.0 Å². The summed E-state index contributed by atoms with van der Waals surface area (Å²) >= 11 is 0. The molecule has 6 nitrogen and oxygen atoms in total. The van der Waals surface area contributed by atoms with Crippen molar-refractivity contribution in [1.82, 2.24) is 25.3 Å². The molecule has 3 rings (SSSR count). The van der Waals surface area contributed by atoms with Gasteiger partial charge in [-0.25, -0.2) is 0 Å². The molecule has 132 valence electrons. The molecule has 6 heteroatoms. The van der Waals surface area contributed by atoms with Crippen molar-refractivity contribution in [2.24, 2.45) is 5.92 Å². The van der Waals surface area contributed by atoms with Crippen LogP contribution >= 0.6 is 0 Å². The van der Waals surface area contributed by atoms with E-state index < -0.39 is 0 Å². The highest BCUT2D eigenvalue weighted by Gasteiger charge is 2.30. The molecule has 3 heterocycles. The van der Waals surface area contributed by atoms with E-state index in [1.807, 2.05) is 12.4 Å². The van der Waals surface area contributed by atoms with Gasteiger partial charge in [0.15, 0.2) is 0 Å². The van der Waals surface area contributed by atoms with Gasteiger partial charge in [0.05, 0.1) is 23.5 Å². The standard InChI is InChI=1S/C18H29N5O/c1-12-16(13(2)23(22-12)18(3,4)5)11-19-8-14-6-7-24-17(14)15-9-20-21-10-15/h9-10,14,17,19H,6-8,11H2,1-5H3,(H,20,21)/t14-,17+/m1/s1. The van der Waals surface area contributed by atoms with E-state index in [0.29, 0.717) is 5.92 Å². The third kappa shape index (κ3) is 3.39. The van der Waals surface area contributed by atoms with E-state index >= 15 is 0 Å². The molecule has 1 fully saturated rings. The monoisotopic (exact) mass is 331 g/mol. The first-order chi connectivity index (χ1) is 11.4. The van der Waals surface area contributed by atoms with Gasteiger partial charge in [0, 0.05) is 48.6 Å². The average Bonchev–Trinajstić information content (AvgIpc) is 3.21. The fraction of sp³-hybridized carbons (Fsp3) is 0.667. The molecule has 0 spiro atoms. The number of aromatic nitrogens is 4. The second-order valence-corrected chi connectivity index (χ2v) is 7.73. The smallest absolute Gasteiger partial charge is 0.0896 e. The van der Waals surface area contributed by atoms with Crippen molar-refractivity contribution in [2.75, 3.05) is 13.2 Å². The number of aromatic amines is 1. The first kappa shape index (κ1) is 17.2. The van der Waals surface area contributed by atoms with E-state index in [2.05, 4.69) is 54.8 Å².